The van der Waals surface area contributed by atoms with E-state index in [1.165, 1.54) is 6.42 Å². The Labute approximate surface area is 170 Å². The Hall–Kier alpha value is -1.02. The highest BCUT2D eigenvalue weighted by Crippen LogP contribution is 2.13. The van der Waals surface area contributed by atoms with Crippen LogP contribution in [0.3, 0.4) is 0 Å². The van der Waals surface area contributed by atoms with Gasteiger partial charge in [-0.2, -0.15) is 0 Å². The van der Waals surface area contributed by atoms with Crippen molar-refractivity contribution in [1.29, 1.82) is 0 Å². The second-order valence-corrected chi connectivity index (χ2v) is 6.43. The molecule has 0 heterocycles. The molecule has 1 unspecified atom stereocenters. The predicted molar refractivity (Wildman–Crippen MR) is 116 cm³/mol. The van der Waals surface area contributed by atoms with Gasteiger partial charge in [0, 0.05) is 26.7 Å². The molecule has 0 saturated heterocycles. The molecular formula is C19H34IN3O2. The quantitative estimate of drug-likeness (QED) is 0.240. The third-order valence-corrected chi connectivity index (χ3v) is 3.70. The first kappa shape index (κ1) is 24.0. The number of nitrogens with one attached hydrogen (secondary N) is 2. The van der Waals surface area contributed by atoms with Crippen LogP contribution in [0.5, 0.6) is 5.75 Å². The van der Waals surface area contributed by atoms with Gasteiger partial charge in [0.05, 0.1) is 6.61 Å². The van der Waals surface area contributed by atoms with E-state index >= 15 is 0 Å². The Kier molecular flexibility index (Phi) is 13.6. The van der Waals surface area contributed by atoms with Crippen LogP contribution in [0, 0.1) is 5.92 Å². The normalized spacial score (nSPS) is 12.5. The van der Waals surface area contributed by atoms with E-state index in [0.717, 1.165) is 29.6 Å². The fourth-order valence-corrected chi connectivity index (χ4v) is 2.26. The summed E-state index contributed by atoms with van der Waals surface area (Å²) in [6.45, 7) is 8.55. The number of nitrogens with zero attached hydrogens (tertiary/aromatic N) is 1. The van der Waals surface area contributed by atoms with Crippen molar-refractivity contribution in [1.82, 2.24) is 10.6 Å². The first-order chi connectivity index (χ1) is 11.5. The summed E-state index contributed by atoms with van der Waals surface area (Å²) in [6.07, 6.45) is 2.35. The van der Waals surface area contributed by atoms with Crippen molar-refractivity contribution in [3.8, 4) is 5.75 Å². The highest BCUT2D eigenvalue weighted by Gasteiger charge is 2.06. The summed E-state index contributed by atoms with van der Waals surface area (Å²) in [5.41, 5.74) is 1.16. The summed E-state index contributed by atoms with van der Waals surface area (Å²) in [4.78, 5) is 4.30. The van der Waals surface area contributed by atoms with Crippen LogP contribution >= 0.6 is 24.0 Å². The second-order valence-electron chi connectivity index (χ2n) is 6.43. The van der Waals surface area contributed by atoms with E-state index in [2.05, 4.69) is 42.5 Å². The number of hydrogen-bond donors (Lipinski definition) is 2. The monoisotopic (exact) mass is 463 g/mol. The second kappa shape index (κ2) is 14.2. The van der Waals surface area contributed by atoms with Crippen LogP contribution in [0.25, 0.3) is 0 Å². The number of methoxy groups -OCH3 is 1. The van der Waals surface area contributed by atoms with Crippen molar-refractivity contribution in [2.24, 2.45) is 10.9 Å². The molecule has 0 amide bonds. The summed E-state index contributed by atoms with van der Waals surface area (Å²) in [7, 11) is 3.47. The number of benzene rings is 1. The minimum Gasteiger partial charge on any atom is -0.491 e. The molecule has 1 aromatic carbocycles. The Balaban J connectivity index is 0.00000576. The number of aliphatic imine (C=N–C) groups is 1. The van der Waals surface area contributed by atoms with Gasteiger partial charge < -0.3 is 20.1 Å². The minimum atomic E-state index is 0. The average molecular weight is 463 g/mol. The maximum atomic E-state index is 5.64. The van der Waals surface area contributed by atoms with Gasteiger partial charge in [-0.1, -0.05) is 26.0 Å². The predicted octanol–water partition coefficient (Wildman–Crippen LogP) is 3.82. The van der Waals surface area contributed by atoms with Gasteiger partial charge in [0.1, 0.15) is 12.4 Å². The molecule has 0 radical (unpaired) electrons. The molecule has 1 aromatic rings. The van der Waals surface area contributed by atoms with E-state index in [9.17, 15) is 0 Å². The number of halogens is 1. The first-order valence-electron chi connectivity index (χ1n) is 8.73. The lowest BCUT2D eigenvalue weighted by molar-refractivity contribution is 0.146. The molecule has 0 saturated carbocycles. The SMILES string of the molecule is CN=C(NCc1cccc(OCCOC)c1)NC(C)CCC(C)C.I. The van der Waals surface area contributed by atoms with Gasteiger partial charge in [0.2, 0.25) is 0 Å². The first-order valence-corrected chi connectivity index (χ1v) is 8.73. The van der Waals surface area contributed by atoms with E-state index in [-0.39, 0.29) is 24.0 Å². The van der Waals surface area contributed by atoms with Crippen LogP contribution in [-0.4, -0.2) is 39.4 Å². The molecular weight excluding hydrogens is 429 g/mol. The van der Waals surface area contributed by atoms with Gasteiger partial charge in [-0.05, 0) is 43.4 Å². The third kappa shape index (κ3) is 11.3. The van der Waals surface area contributed by atoms with Crippen LogP contribution in [-0.2, 0) is 11.3 Å². The maximum Gasteiger partial charge on any atom is 0.191 e. The smallest absolute Gasteiger partial charge is 0.191 e. The lowest BCUT2D eigenvalue weighted by atomic mass is 10.0. The molecule has 0 fully saturated rings. The summed E-state index contributed by atoms with van der Waals surface area (Å²) in [5.74, 6) is 2.42. The Morgan fingerprint density at radius 2 is 1.92 bits per heavy atom. The van der Waals surface area contributed by atoms with E-state index in [1.807, 2.05) is 18.2 Å². The van der Waals surface area contributed by atoms with Crippen molar-refractivity contribution in [3.05, 3.63) is 29.8 Å². The van der Waals surface area contributed by atoms with Gasteiger partial charge in [-0.15, -0.1) is 24.0 Å². The van der Waals surface area contributed by atoms with Crippen molar-refractivity contribution in [3.63, 3.8) is 0 Å². The molecule has 1 atom stereocenters. The van der Waals surface area contributed by atoms with E-state index in [1.54, 1.807) is 14.2 Å². The van der Waals surface area contributed by atoms with Crippen molar-refractivity contribution in [2.75, 3.05) is 27.4 Å². The zero-order chi connectivity index (χ0) is 17.8. The lowest BCUT2D eigenvalue weighted by Crippen LogP contribution is -2.41. The highest BCUT2D eigenvalue weighted by molar-refractivity contribution is 14.0. The molecule has 0 aliphatic carbocycles. The highest BCUT2D eigenvalue weighted by atomic mass is 127. The van der Waals surface area contributed by atoms with Gasteiger partial charge in [-0.25, -0.2) is 0 Å². The van der Waals surface area contributed by atoms with Gasteiger partial charge in [0.15, 0.2) is 5.96 Å². The molecule has 5 nitrogen and oxygen atoms in total. The Morgan fingerprint density at radius 3 is 2.56 bits per heavy atom. The Morgan fingerprint density at radius 1 is 1.16 bits per heavy atom. The standard InChI is InChI=1S/C19H33N3O2.HI/c1-15(2)9-10-16(3)22-19(20-4)21-14-17-7-6-8-18(13-17)24-12-11-23-5;/h6-8,13,15-16H,9-12,14H2,1-5H3,(H2,20,21,22);1H. The third-order valence-electron chi connectivity index (χ3n) is 3.70. The largest absolute Gasteiger partial charge is 0.491 e. The number of rotatable bonds is 10. The zero-order valence-corrected chi connectivity index (χ0v) is 18.5. The molecule has 0 aliphatic heterocycles. The summed E-state index contributed by atoms with van der Waals surface area (Å²) < 4.78 is 10.6. The van der Waals surface area contributed by atoms with Crippen LogP contribution in [0.1, 0.15) is 39.2 Å². The molecule has 25 heavy (non-hydrogen) atoms. The fourth-order valence-electron chi connectivity index (χ4n) is 2.26. The molecule has 1 rings (SSSR count). The van der Waals surface area contributed by atoms with Crippen LogP contribution in [0.4, 0.5) is 0 Å². The fraction of sp³-hybridized carbons (Fsp3) is 0.632. The van der Waals surface area contributed by atoms with Crippen LogP contribution < -0.4 is 15.4 Å². The van der Waals surface area contributed by atoms with Crippen LogP contribution in [0.15, 0.2) is 29.3 Å². The van der Waals surface area contributed by atoms with Crippen molar-refractivity contribution >= 4 is 29.9 Å². The molecule has 6 heteroatoms. The lowest BCUT2D eigenvalue weighted by Gasteiger charge is -2.19. The zero-order valence-electron chi connectivity index (χ0n) is 16.2. The van der Waals surface area contributed by atoms with Crippen molar-refractivity contribution < 1.29 is 9.47 Å². The van der Waals surface area contributed by atoms with E-state index < -0.39 is 0 Å². The van der Waals surface area contributed by atoms with Crippen molar-refractivity contribution in [2.45, 2.75) is 46.2 Å². The van der Waals surface area contributed by atoms with Gasteiger partial charge in [0.25, 0.3) is 0 Å². The summed E-state index contributed by atoms with van der Waals surface area (Å²) in [6, 6.07) is 8.48. The maximum absolute atomic E-state index is 5.64. The van der Waals surface area contributed by atoms with E-state index in [0.29, 0.717) is 25.8 Å². The Bertz CT molecular complexity index is 495. The summed E-state index contributed by atoms with van der Waals surface area (Å²) >= 11 is 0. The molecule has 0 spiro atoms. The molecule has 144 valence electrons. The number of ether oxygens (including phenoxy) is 2. The average Bonchev–Trinajstić information content (AvgIpc) is 2.57. The molecule has 0 aliphatic rings. The summed E-state index contributed by atoms with van der Waals surface area (Å²) in [5, 5.41) is 6.80. The number of guanidine groups is 1. The van der Waals surface area contributed by atoms with Gasteiger partial charge >= 0.3 is 0 Å². The van der Waals surface area contributed by atoms with E-state index in [4.69, 9.17) is 9.47 Å². The van der Waals surface area contributed by atoms with Crippen LogP contribution in [0.2, 0.25) is 0 Å². The minimum absolute atomic E-state index is 0. The topological polar surface area (TPSA) is 54.9 Å². The van der Waals surface area contributed by atoms with Gasteiger partial charge in [-0.3, -0.25) is 4.99 Å². The number of hydrogen-bond acceptors (Lipinski definition) is 3. The molecule has 2 N–H and O–H groups in total. The molecule has 0 aromatic heterocycles. The molecule has 0 bridgehead atoms.